The second-order valence-electron chi connectivity index (χ2n) is 0.802. The van der Waals surface area contributed by atoms with Crippen LogP contribution in [0.5, 0.6) is 0 Å². The predicted octanol–water partition coefficient (Wildman–Crippen LogP) is -0.335. The summed E-state index contributed by atoms with van der Waals surface area (Å²) in [6, 6.07) is 0. The van der Waals surface area contributed by atoms with E-state index in [1.54, 1.807) is 0 Å². The Kier molecular flexibility index (Phi) is 18.1. The van der Waals surface area contributed by atoms with Crippen LogP contribution in [0, 0.1) is 0 Å². The number of carboxylic acid groups (broad SMARTS) is 3. The van der Waals surface area contributed by atoms with Crippen molar-refractivity contribution < 1.29 is 24.9 Å². The van der Waals surface area contributed by atoms with Gasteiger partial charge in [-0.05, 0) is 0 Å². The Morgan fingerprint density at radius 1 is 1.11 bits per heavy atom. The van der Waals surface area contributed by atoms with E-state index in [0.717, 1.165) is 6.92 Å². The van der Waals surface area contributed by atoms with Crippen molar-refractivity contribution in [2.45, 2.75) is 6.92 Å². The van der Waals surface area contributed by atoms with Crippen molar-refractivity contribution in [1.82, 2.24) is 0 Å². The van der Waals surface area contributed by atoms with Crippen LogP contribution in [-0.4, -0.2) is 46.3 Å². The molecule has 9 heavy (non-hydrogen) atoms. The van der Waals surface area contributed by atoms with Crippen LogP contribution in [-0.2, 0) is 4.79 Å². The van der Waals surface area contributed by atoms with Gasteiger partial charge in [0.05, 0.1) is 0 Å². The molecule has 0 aliphatic heterocycles. The van der Waals surface area contributed by atoms with Crippen LogP contribution in [0.3, 0.4) is 0 Å². The fourth-order valence-corrected chi connectivity index (χ4v) is 0. The van der Waals surface area contributed by atoms with E-state index >= 15 is 0 Å². The molecule has 0 saturated heterocycles. The van der Waals surface area contributed by atoms with Crippen molar-refractivity contribution in [3.63, 3.8) is 0 Å². The Labute approximate surface area is 63.5 Å². The van der Waals surface area contributed by atoms with Gasteiger partial charge < -0.3 is 15.3 Å². The molecule has 3 N–H and O–H groups in total. The Morgan fingerprint density at radius 3 is 1.11 bits per heavy atom. The molecule has 0 unspecified atom stereocenters. The number of carbonyl (C=O) groups is 2. The van der Waals surface area contributed by atoms with Gasteiger partial charge in [-0.1, -0.05) is 0 Å². The molecular formula is C3H7LiO5. The van der Waals surface area contributed by atoms with Crippen LogP contribution in [0.2, 0.25) is 0 Å². The van der Waals surface area contributed by atoms with E-state index in [0.29, 0.717) is 0 Å². The van der Waals surface area contributed by atoms with Gasteiger partial charge in [-0.25, -0.2) is 4.79 Å². The molecular weight excluding hydrogens is 123 g/mol. The molecule has 0 amide bonds. The first-order chi connectivity index (χ1) is 3.46. The van der Waals surface area contributed by atoms with E-state index in [1.165, 1.54) is 0 Å². The fraction of sp³-hybridized carbons (Fsp3) is 0.333. The summed E-state index contributed by atoms with van der Waals surface area (Å²) in [6.07, 6.45) is -1.83. The SMILES string of the molecule is CC(=O)O.O=C(O)O.[LiH]. The monoisotopic (exact) mass is 130 g/mol. The summed E-state index contributed by atoms with van der Waals surface area (Å²) in [6.45, 7) is 1.08. The standard InChI is InChI=1S/C2H4O2.CH2O3.Li.H/c1-2(3)4;2-1(3)4;;/h1H3,(H,3,4);(H2,2,3,4);;. The molecule has 0 spiro atoms. The maximum absolute atomic E-state index is 9.00. The molecule has 0 aromatic heterocycles. The number of hydrogen-bond donors (Lipinski definition) is 3. The number of hydrogen-bond acceptors (Lipinski definition) is 2. The summed E-state index contributed by atoms with van der Waals surface area (Å²) in [5.41, 5.74) is 0. The van der Waals surface area contributed by atoms with Gasteiger partial charge in [0.25, 0.3) is 5.97 Å². The molecule has 0 aliphatic rings. The number of carboxylic acids is 1. The first kappa shape index (κ1) is 15.8. The van der Waals surface area contributed by atoms with Crippen molar-refractivity contribution in [1.29, 1.82) is 0 Å². The van der Waals surface area contributed by atoms with Crippen LogP contribution in [0.4, 0.5) is 4.79 Å². The molecule has 6 heteroatoms. The average Bonchev–Trinajstić information content (AvgIpc) is 1.25. The minimum absolute atomic E-state index is 0. The number of aliphatic carboxylic acids is 1. The molecule has 50 valence electrons. The fourth-order valence-electron chi connectivity index (χ4n) is 0. The molecule has 0 rings (SSSR count). The third-order valence-electron chi connectivity index (χ3n) is 0. The number of rotatable bonds is 0. The van der Waals surface area contributed by atoms with Crippen LogP contribution in [0.15, 0.2) is 0 Å². The van der Waals surface area contributed by atoms with Crippen molar-refractivity contribution in [3.05, 3.63) is 0 Å². The molecule has 0 aliphatic carbocycles. The molecule has 0 bridgehead atoms. The molecule has 0 saturated carbocycles. The Bertz CT molecular complexity index is 70.2. The van der Waals surface area contributed by atoms with E-state index in [4.69, 9.17) is 24.9 Å². The molecule has 0 aromatic carbocycles. The van der Waals surface area contributed by atoms with Crippen molar-refractivity contribution in [3.8, 4) is 0 Å². The average molecular weight is 130 g/mol. The Morgan fingerprint density at radius 2 is 1.11 bits per heavy atom. The van der Waals surface area contributed by atoms with Gasteiger partial charge in [-0.3, -0.25) is 4.79 Å². The molecule has 0 radical (unpaired) electrons. The van der Waals surface area contributed by atoms with Gasteiger partial charge in [0.2, 0.25) is 0 Å². The Hall–Kier alpha value is -0.663. The third-order valence-corrected chi connectivity index (χ3v) is 0. The second kappa shape index (κ2) is 10.3. The van der Waals surface area contributed by atoms with Crippen molar-refractivity contribution >= 4 is 31.0 Å². The van der Waals surface area contributed by atoms with Crippen LogP contribution in [0.1, 0.15) is 6.92 Å². The zero-order valence-electron chi connectivity index (χ0n) is 4.16. The summed E-state index contributed by atoms with van der Waals surface area (Å²) in [4.78, 5) is 17.6. The first-order valence-corrected chi connectivity index (χ1v) is 1.58. The van der Waals surface area contributed by atoms with E-state index < -0.39 is 12.1 Å². The zero-order chi connectivity index (χ0) is 7.15. The summed E-state index contributed by atoms with van der Waals surface area (Å²) in [5.74, 6) is -0.833. The van der Waals surface area contributed by atoms with Gasteiger partial charge in [-0.2, -0.15) is 0 Å². The van der Waals surface area contributed by atoms with E-state index in [-0.39, 0.29) is 18.9 Å². The Balaban J connectivity index is -0.0000000720. The van der Waals surface area contributed by atoms with Crippen LogP contribution < -0.4 is 0 Å². The van der Waals surface area contributed by atoms with Crippen LogP contribution in [0.25, 0.3) is 0 Å². The first-order valence-electron chi connectivity index (χ1n) is 1.58. The molecule has 0 aromatic rings. The zero-order valence-corrected chi connectivity index (χ0v) is 4.16. The van der Waals surface area contributed by atoms with Crippen molar-refractivity contribution in [2.75, 3.05) is 0 Å². The summed E-state index contributed by atoms with van der Waals surface area (Å²) in [5, 5.41) is 21.4. The third kappa shape index (κ3) is 476. The van der Waals surface area contributed by atoms with E-state index in [1.807, 2.05) is 0 Å². The van der Waals surface area contributed by atoms with E-state index in [9.17, 15) is 0 Å². The summed E-state index contributed by atoms with van der Waals surface area (Å²) in [7, 11) is 0. The van der Waals surface area contributed by atoms with Gasteiger partial charge in [-0.15, -0.1) is 0 Å². The van der Waals surface area contributed by atoms with Gasteiger partial charge in [0, 0.05) is 6.92 Å². The van der Waals surface area contributed by atoms with E-state index in [2.05, 4.69) is 0 Å². The normalized spacial score (nSPS) is 5.44. The molecule has 0 fully saturated rings. The van der Waals surface area contributed by atoms with Gasteiger partial charge >= 0.3 is 25.0 Å². The summed E-state index contributed by atoms with van der Waals surface area (Å²) < 4.78 is 0. The van der Waals surface area contributed by atoms with Gasteiger partial charge in [0.15, 0.2) is 0 Å². The van der Waals surface area contributed by atoms with Crippen LogP contribution >= 0.6 is 0 Å². The maximum atomic E-state index is 9.00. The molecule has 0 heterocycles. The molecule has 5 nitrogen and oxygen atoms in total. The predicted molar refractivity (Wildman–Crippen MR) is 31.1 cm³/mol. The second-order valence-corrected chi connectivity index (χ2v) is 0.802. The van der Waals surface area contributed by atoms with Gasteiger partial charge in [0.1, 0.15) is 0 Å². The summed E-state index contributed by atoms with van der Waals surface area (Å²) >= 11 is 0. The minimum atomic E-state index is -1.83. The van der Waals surface area contributed by atoms with Crippen molar-refractivity contribution in [2.24, 2.45) is 0 Å². The quantitative estimate of drug-likeness (QED) is 0.390. The topological polar surface area (TPSA) is 94.8 Å². The molecule has 0 atom stereocenters.